The summed E-state index contributed by atoms with van der Waals surface area (Å²) in [5, 5.41) is 0. The van der Waals surface area contributed by atoms with E-state index in [2.05, 4.69) is 42.2 Å². The second-order valence-corrected chi connectivity index (χ2v) is 3.77. The van der Waals surface area contributed by atoms with Crippen LogP contribution in [0.25, 0.3) is 0 Å². The zero-order valence-corrected chi connectivity index (χ0v) is 9.45. The smallest absolute Gasteiger partial charge is 0.0435 e. The lowest BCUT2D eigenvalue weighted by molar-refractivity contribution is 0.502. The molecule has 2 heteroatoms. The van der Waals surface area contributed by atoms with Gasteiger partial charge in [-0.25, -0.2) is 0 Å². The van der Waals surface area contributed by atoms with Gasteiger partial charge >= 0.3 is 0 Å². The molecule has 0 amide bonds. The monoisotopic (exact) mass is 192 g/mol. The first-order valence-corrected chi connectivity index (χ1v) is 5.23. The number of nitrogens with zero attached hydrogens (tertiary/aromatic N) is 2. The molecule has 0 atom stereocenters. The molecule has 78 valence electrons. The quantitative estimate of drug-likeness (QED) is 0.583. The lowest BCUT2D eigenvalue weighted by atomic mass is 10.1. The number of allylic oxidation sites excluding steroid dienone is 2. The van der Waals surface area contributed by atoms with Crippen molar-refractivity contribution in [2.45, 2.75) is 26.2 Å². The van der Waals surface area contributed by atoms with Crippen molar-refractivity contribution in [3.63, 3.8) is 0 Å². The maximum Gasteiger partial charge on any atom is 0.0435 e. The highest BCUT2D eigenvalue weighted by Gasteiger charge is 2.04. The topological polar surface area (TPSA) is 15.6 Å². The maximum absolute atomic E-state index is 4.25. The molecular weight excluding hydrogens is 172 g/mol. The number of rotatable bonds is 1. The molecule has 0 fully saturated rings. The summed E-state index contributed by atoms with van der Waals surface area (Å²) in [7, 11) is 3.97. The molecule has 0 aliphatic carbocycles. The number of hydrogen-bond acceptors (Lipinski definition) is 2. The summed E-state index contributed by atoms with van der Waals surface area (Å²) in [4.78, 5) is 6.46. The predicted octanol–water partition coefficient (Wildman–Crippen LogP) is 2.63. The average Bonchev–Trinajstić information content (AvgIpc) is 2.29. The molecule has 1 aliphatic rings. The minimum Gasteiger partial charge on any atom is -0.376 e. The van der Waals surface area contributed by atoms with Crippen molar-refractivity contribution in [1.82, 2.24) is 4.90 Å². The van der Waals surface area contributed by atoms with E-state index in [9.17, 15) is 0 Å². The molecule has 1 aliphatic heterocycles. The van der Waals surface area contributed by atoms with Gasteiger partial charge in [-0.2, -0.15) is 0 Å². The van der Waals surface area contributed by atoms with Gasteiger partial charge in [0.15, 0.2) is 0 Å². The summed E-state index contributed by atoms with van der Waals surface area (Å²) in [6, 6.07) is 0. The summed E-state index contributed by atoms with van der Waals surface area (Å²) in [6.45, 7) is 3.06. The summed E-state index contributed by atoms with van der Waals surface area (Å²) in [5.41, 5.74) is 2.52. The molecule has 0 aromatic carbocycles. The van der Waals surface area contributed by atoms with Crippen LogP contribution in [0.2, 0.25) is 0 Å². The number of likely N-dealkylation sites (N-methyl/N-ethyl adjacent to an activating group) is 1. The molecule has 1 heterocycles. The minimum absolute atomic E-state index is 0.972. The second kappa shape index (κ2) is 5.63. The Morgan fingerprint density at radius 3 is 2.93 bits per heavy atom. The van der Waals surface area contributed by atoms with Gasteiger partial charge in [0.1, 0.15) is 0 Å². The third-order valence-electron chi connectivity index (χ3n) is 2.55. The Bertz CT molecular complexity index is 261. The highest BCUT2D eigenvalue weighted by molar-refractivity contribution is 5.98. The van der Waals surface area contributed by atoms with Crippen molar-refractivity contribution in [2.75, 3.05) is 20.6 Å². The summed E-state index contributed by atoms with van der Waals surface area (Å²) in [5.74, 6) is 0. The first kappa shape index (κ1) is 11.0. The Balaban J connectivity index is 2.75. The van der Waals surface area contributed by atoms with Crippen LogP contribution in [0, 0.1) is 0 Å². The Labute approximate surface area is 87.0 Å². The van der Waals surface area contributed by atoms with E-state index in [0.29, 0.717) is 0 Å². The van der Waals surface area contributed by atoms with Gasteiger partial charge in [0.2, 0.25) is 0 Å². The van der Waals surface area contributed by atoms with Crippen LogP contribution in [0.5, 0.6) is 0 Å². The van der Waals surface area contributed by atoms with Crippen molar-refractivity contribution >= 4 is 5.71 Å². The highest BCUT2D eigenvalue weighted by atomic mass is 15.1. The molecule has 0 N–H and O–H groups in total. The highest BCUT2D eigenvalue weighted by Crippen LogP contribution is 2.09. The molecule has 0 bridgehead atoms. The SMILES string of the molecule is CN=C(C)C1=CCCC/C=C\N(C)C1. The molecule has 0 saturated carbocycles. The van der Waals surface area contributed by atoms with Crippen LogP contribution < -0.4 is 0 Å². The van der Waals surface area contributed by atoms with Gasteiger partial charge in [0, 0.05) is 26.4 Å². The molecule has 0 saturated heterocycles. The van der Waals surface area contributed by atoms with Crippen LogP contribution in [0.3, 0.4) is 0 Å². The fraction of sp³-hybridized carbons (Fsp3) is 0.583. The fourth-order valence-corrected chi connectivity index (χ4v) is 1.56. The Kier molecular flexibility index (Phi) is 4.44. The molecule has 0 spiro atoms. The van der Waals surface area contributed by atoms with Gasteiger partial charge < -0.3 is 4.90 Å². The van der Waals surface area contributed by atoms with Crippen molar-refractivity contribution in [1.29, 1.82) is 0 Å². The van der Waals surface area contributed by atoms with E-state index in [4.69, 9.17) is 0 Å². The Morgan fingerprint density at radius 1 is 1.43 bits per heavy atom. The Hall–Kier alpha value is -1.05. The van der Waals surface area contributed by atoms with Crippen LogP contribution >= 0.6 is 0 Å². The molecule has 0 unspecified atom stereocenters. The lowest BCUT2D eigenvalue weighted by Crippen LogP contribution is -2.17. The molecule has 0 aromatic heterocycles. The summed E-state index contributed by atoms with van der Waals surface area (Å²) in [6.07, 6.45) is 10.3. The lowest BCUT2D eigenvalue weighted by Gasteiger charge is -2.16. The van der Waals surface area contributed by atoms with Crippen molar-refractivity contribution < 1.29 is 0 Å². The first-order valence-electron chi connectivity index (χ1n) is 5.23. The zero-order chi connectivity index (χ0) is 10.4. The summed E-state index contributed by atoms with van der Waals surface area (Å²) >= 11 is 0. The number of hydrogen-bond donors (Lipinski definition) is 0. The van der Waals surface area contributed by atoms with Crippen LogP contribution in [0.4, 0.5) is 0 Å². The minimum atomic E-state index is 0.972. The largest absolute Gasteiger partial charge is 0.376 e. The van der Waals surface area contributed by atoms with Crippen LogP contribution in [-0.2, 0) is 0 Å². The van der Waals surface area contributed by atoms with Crippen molar-refractivity contribution in [3.8, 4) is 0 Å². The van der Waals surface area contributed by atoms with E-state index >= 15 is 0 Å². The third-order valence-corrected chi connectivity index (χ3v) is 2.55. The molecule has 2 nitrogen and oxygen atoms in total. The normalized spacial score (nSPS) is 22.1. The van der Waals surface area contributed by atoms with E-state index < -0.39 is 0 Å². The third kappa shape index (κ3) is 3.36. The van der Waals surface area contributed by atoms with Gasteiger partial charge in [-0.15, -0.1) is 0 Å². The molecule has 14 heavy (non-hydrogen) atoms. The van der Waals surface area contributed by atoms with Gasteiger partial charge in [-0.3, -0.25) is 4.99 Å². The first-order chi connectivity index (χ1) is 6.74. The van der Waals surface area contributed by atoms with E-state index in [0.717, 1.165) is 12.3 Å². The van der Waals surface area contributed by atoms with Gasteiger partial charge in [-0.1, -0.05) is 12.2 Å². The van der Waals surface area contributed by atoms with E-state index in [1.165, 1.54) is 24.8 Å². The van der Waals surface area contributed by atoms with Crippen molar-refractivity contribution in [2.24, 2.45) is 4.99 Å². The average molecular weight is 192 g/mol. The van der Waals surface area contributed by atoms with Gasteiger partial charge in [-0.05, 0) is 38.0 Å². The summed E-state index contributed by atoms with van der Waals surface area (Å²) < 4.78 is 0. The molecular formula is C12H20N2. The van der Waals surface area contributed by atoms with Crippen LogP contribution in [-0.4, -0.2) is 31.3 Å². The second-order valence-electron chi connectivity index (χ2n) is 3.77. The van der Waals surface area contributed by atoms with E-state index in [-0.39, 0.29) is 0 Å². The Morgan fingerprint density at radius 2 is 2.21 bits per heavy atom. The van der Waals surface area contributed by atoms with E-state index in [1.54, 1.807) is 0 Å². The number of aliphatic imine (C=N–C) groups is 1. The zero-order valence-electron chi connectivity index (χ0n) is 9.45. The predicted molar refractivity (Wildman–Crippen MR) is 62.7 cm³/mol. The molecule has 1 rings (SSSR count). The maximum atomic E-state index is 4.25. The molecule has 0 aromatic rings. The fourth-order valence-electron chi connectivity index (χ4n) is 1.56. The molecule has 0 radical (unpaired) electrons. The van der Waals surface area contributed by atoms with Crippen LogP contribution in [0.15, 0.2) is 28.9 Å². The van der Waals surface area contributed by atoms with Gasteiger partial charge in [0.05, 0.1) is 0 Å². The van der Waals surface area contributed by atoms with E-state index in [1.807, 2.05) is 7.05 Å². The van der Waals surface area contributed by atoms with Crippen molar-refractivity contribution in [3.05, 3.63) is 23.9 Å². The van der Waals surface area contributed by atoms with Crippen LogP contribution in [0.1, 0.15) is 26.2 Å². The van der Waals surface area contributed by atoms with Gasteiger partial charge in [0.25, 0.3) is 0 Å². The standard InChI is InChI=1S/C12H20N2/c1-11(13-2)12-8-6-4-5-7-9-14(3)10-12/h7-9H,4-6,10H2,1-3H3/b9-7-,12-8?,13-11?.